The Morgan fingerprint density at radius 1 is 0.852 bits per heavy atom. The van der Waals surface area contributed by atoms with Gasteiger partial charge in [-0.1, -0.05) is 124 Å². The van der Waals surface area contributed by atoms with Crippen molar-refractivity contribution in [3.63, 3.8) is 0 Å². The molecule has 4 aliphatic carbocycles. The van der Waals surface area contributed by atoms with E-state index < -0.39 is 30.7 Å². The standard InChI is InChI=1S/C47H82O7/c1-8-10-11-12-13-14-15-16-17-18-41(48)52-30-40-42(49)43(50)44(51)45(54-40)53-35-25-27-46(6)34(29-35)21-22-36-38-24-23-37(47(38,7)28-26-39(36)46)32(5)19-20-33(9-2)31(3)4/h21,31-33,35-40,42-45,49-51H,8-20,22-30H2,1-7H3/t32-,33+,35+,36+,37-,38+,39+,40-,42-,43+,44-,45-,46+,47-/m1/s1. The van der Waals surface area contributed by atoms with Gasteiger partial charge in [-0.15, -0.1) is 0 Å². The van der Waals surface area contributed by atoms with Crippen molar-refractivity contribution in [2.45, 2.75) is 220 Å². The molecule has 0 spiro atoms. The monoisotopic (exact) mass is 759 g/mol. The van der Waals surface area contributed by atoms with Crippen LogP contribution in [0.4, 0.5) is 0 Å². The maximum Gasteiger partial charge on any atom is 0.305 e. The summed E-state index contributed by atoms with van der Waals surface area (Å²) in [6.07, 6.45) is 20.5. The molecule has 1 aliphatic heterocycles. The van der Waals surface area contributed by atoms with Crippen molar-refractivity contribution in [2.24, 2.45) is 52.3 Å². The molecule has 0 aromatic carbocycles. The van der Waals surface area contributed by atoms with Crippen molar-refractivity contribution in [1.29, 1.82) is 0 Å². The van der Waals surface area contributed by atoms with E-state index in [1.165, 1.54) is 89.0 Å². The molecule has 7 nitrogen and oxygen atoms in total. The third-order valence-electron chi connectivity index (χ3n) is 16.2. The van der Waals surface area contributed by atoms with Gasteiger partial charge in [0, 0.05) is 6.42 Å². The number of hydrogen-bond donors (Lipinski definition) is 3. The zero-order chi connectivity index (χ0) is 39.0. The minimum Gasteiger partial charge on any atom is -0.463 e. The van der Waals surface area contributed by atoms with E-state index in [1.54, 1.807) is 0 Å². The van der Waals surface area contributed by atoms with Crippen LogP contribution in [0, 0.1) is 52.3 Å². The van der Waals surface area contributed by atoms with Crippen molar-refractivity contribution in [2.75, 3.05) is 6.61 Å². The molecule has 3 saturated carbocycles. The molecular formula is C47H82O7. The second kappa shape index (κ2) is 20.1. The van der Waals surface area contributed by atoms with Crippen molar-refractivity contribution in [1.82, 2.24) is 0 Å². The highest BCUT2D eigenvalue weighted by molar-refractivity contribution is 5.69. The highest BCUT2D eigenvalue weighted by Gasteiger charge is 2.59. The summed E-state index contributed by atoms with van der Waals surface area (Å²) in [5, 5.41) is 32.4. The minimum absolute atomic E-state index is 0.138. The number of unbranched alkanes of at least 4 members (excludes halogenated alkanes) is 8. The first kappa shape index (κ1) is 44.1. The van der Waals surface area contributed by atoms with Crippen LogP contribution in [0.1, 0.15) is 183 Å². The Morgan fingerprint density at radius 2 is 1.56 bits per heavy atom. The predicted molar refractivity (Wildman–Crippen MR) is 217 cm³/mol. The van der Waals surface area contributed by atoms with Gasteiger partial charge in [-0.2, -0.15) is 0 Å². The number of aliphatic hydroxyl groups is 3. The molecule has 54 heavy (non-hydrogen) atoms. The molecule has 1 heterocycles. The Hall–Kier alpha value is -0.990. The van der Waals surface area contributed by atoms with E-state index in [1.807, 2.05) is 0 Å². The van der Waals surface area contributed by atoms with E-state index in [0.29, 0.717) is 17.8 Å². The molecule has 5 rings (SSSR count). The van der Waals surface area contributed by atoms with Crippen LogP contribution in [-0.4, -0.2) is 64.7 Å². The quantitative estimate of drug-likeness (QED) is 0.0645. The molecule has 312 valence electrons. The van der Waals surface area contributed by atoms with Crippen molar-refractivity contribution < 1.29 is 34.3 Å². The van der Waals surface area contributed by atoms with Gasteiger partial charge in [-0.3, -0.25) is 4.79 Å². The molecule has 14 atom stereocenters. The Labute approximate surface area is 330 Å². The summed E-state index contributed by atoms with van der Waals surface area (Å²) >= 11 is 0. The van der Waals surface area contributed by atoms with Crippen LogP contribution in [0.2, 0.25) is 0 Å². The number of hydrogen-bond acceptors (Lipinski definition) is 7. The van der Waals surface area contributed by atoms with Crippen LogP contribution in [-0.2, 0) is 19.0 Å². The van der Waals surface area contributed by atoms with E-state index >= 15 is 0 Å². The first-order valence-electron chi connectivity index (χ1n) is 23.0. The van der Waals surface area contributed by atoms with E-state index in [-0.39, 0.29) is 24.1 Å². The van der Waals surface area contributed by atoms with Gasteiger partial charge in [-0.25, -0.2) is 0 Å². The molecule has 0 bridgehead atoms. The lowest BCUT2D eigenvalue weighted by Gasteiger charge is -2.58. The van der Waals surface area contributed by atoms with Crippen LogP contribution in [0.3, 0.4) is 0 Å². The number of allylic oxidation sites excluding steroid dienone is 1. The van der Waals surface area contributed by atoms with Gasteiger partial charge in [0.15, 0.2) is 6.29 Å². The van der Waals surface area contributed by atoms with E-state index in [0.717, 1.165) is 80.5 Å². The smallest absolute Gasteiger partial charge is 0.305 e. The van der Waals surface area contributed by atoms with Crippen molar-refractivity contribution in [3.05, 3.63) is 11.6 Å². The van der Waals surface area contributed by atoms with Crippen LogP contribution in [0.25, 0.3) is 0 Å². The average Bonchev–Trinajstić information content (AvgIpc) is 3.51. The van der Waals surface area contributed by atoms with Gasteiger partial charge in [0.2, 0.25) is 0 Å². The number of esters is 1. The third-order valence-corrected chi connectivity index (χ3v) is 16.2. The van der Waals surface area contributed by atoms with Crippen LogP contribution in [0.15, 0.2) is 11.6 Å². The third kappa shape index (κ3) is 10.2. The molecule has 3 N–H and O–H groups in total. The highest BCUT2D eigenvalue weighted by Crippen LogP contribution is 2.67. The molecule has 0 amide bonds. The maximum atomic E-state index is 12.5. The lowest BCUT2D eigenvalue weighted by molar-refractivity contribution is -0.313. The lowest BCUT2D eigenvalue weighted by Crippen LogP contribution is -2.60. The minimum atomic E-state index is -1.44. The summed E-state index contributed by atoms with van der Waals surface area (Å²) in [4.78, 5) is 12.5. The summed E-state index contributed by atoms with van der Waals surface area (Å²) in [7, 11) is 0. The Bertz CT molecular complexity index is 1190. The highest BCUT2D eigenvalue weighted by atomic mass is 16.7. The number of aliphatic hydroxyl groups excluding tert-OH is 3. The van der Waals surface area contributed by atoms with E-state index in [4.69, 9.17) is 14.2 Å². The fourth-order valence-corrected chi connectivity index (χ4v) is 12.6. The summed E-state index contributed by atoms with van der Waals surface area (Å²) in [5.74, 6) is 5.24. The summed E-state index contributed by atoms with van der Waals surface area (Å²) < 4.78 is 18.0. The molecule has 0 aromatic heterocycles. The molecule has 0 radical (unpaired) electrons. The van der Waals surface area contributed by atoms with Gasteiger partial charge in [0.05, 0.1) is 6.10 Å². The number of carbonyl (C=O) groups excluding carboxylic acids is 1. The van der Waals surface area contributed by atoms with Crippen LogP contribution in [0.5, 0.6) is 0 Å². The largest absolute Gasteiger partial charge is 0.463 e. The van der Waals surface area contributed by atoms with Crippen molar-refractivity contribution >= 4 is 5.97 Å². The molecule has 4 fully saturated rings. The van der Waals surface area contributed by atoms with E-state index in [9.17, 15) is 20.1 Å². The van der Waals surface area contributed by atoms with E-state index in [2.05, 4.69) is 54.5 Å². The molecule has 0 unspecified atom stereocenters. The SMILES string of the molecule is CCCCCCCCCCCC(=O)OC[C@H]1O[C@@H](O[C@H]2CC[C@@]3(C)C(=CC[C@H]4[C@@H]5CC[C@H]([C@H](C)CC[C@H](CC)C(C)C)[C@@]5(C)CC[C@@H]43)C2)[C@H](O)[C@@H](O)[C@@H]1O. The first-order valence-corrected chi connectivity index (χ1v) is 23.0. The van der Waals surface area contributed by atoms with Gasteiger partial charge < -0.3 is 29.5 Å². The molecule has 5 aliphatic rings. The maximum absolute atomic E-state index is 12.5. The normalized spacial score (nSPS) is 39.0. The van der Waals surface area contributed by atoms with Gasteiger partial charge in [0.25, 0.3) is 0 Å². The predicted octanol–water partition coefficient (Wildman–Crippen LogP) is 10.3. The Balaban J connectivity index is 1.10. The topological polar surface area (TPSA) is 105 Å². The summed E-state index contributed by atoms with van der Waals surface area (Å²) in [6, 6.07) is 0. The average molecular weight is 759 g/mol. The number of ether oxygens (including phenoxy) is 3. The van der Waals surface area contributed by atoms with Crippen LogP contribution >= 0.6 is 0 Å². The fraction of sp³-hybridized carbons (Fsp3) is 0.936. The zero-order valence-electron chi connectivity index (χ0n) is 35.6. The fourth-order valence-electron chi connectivity index (χ4n) is 12.6. The lowest BCUT2D eigenvalue weighted by atomic mass is 9.47. The van der Waals surface area contributed by atoms with Gasteiger partial charge >= 0.3 is 5.97 Å². The molecule has 7 heteroatoms. The van der Waals surface area contributed by atoms with Crippen LogP contribution < -0.4 is 0 Å². The second-order valence-electron chi connectivity index (χ2n) is 19.7. The summed E-state index contributed by atoms with van der Waals surface area (Å²) in [6.45, 7) is 17.0. The first-order chi connectivity index (χ1) is 25.8. The summed E-state index contributed by atoms with van der Waals surface area (Å²) in [5.41, 5.74) is 2.13. The van der Waals surface area contributed by atoms with Gasteiger partial charge in [-0.05, 0) is 116 Å². The Morgan fingerprint density at radius 3 is 2.24 bits per heavy atom. The molecular weight excluding hydrogens is 677 g/mol. The van der Waals surface area contributed by atoms with Crippen molar-refractivity contribution in [3.8, 4) is 0 Å². The second-order valence-corrected chi connectivity index (χ2v) is 19.7. The Kier molecular flexibility index (Phi) is 16.4. The number of rotatable bonds is 20. The number of carbonyl (C=O) groups is 1. The zero-order valence-corrected chi connectivity index (χ0v) is 35.6. The molecule has 0 aromatic rings. The molecule has 1 saturated heterocycles. The van der Waals surface area contributed by atoms with Gasteiger partial charge in [0.1, 0.15) is 31.0 Å². The number of fused-ring (bicyclic) bond motifs is 5.